The number of allylic oxidation sites excluding steroid dienone is 1. The topological polar surface area (TPSA) is 84.9 Å². The van der Waals surface area contributed by atoms with Gasteiger partial charge in [0.25, 0.3) is 11.8 Å². The van der Waals surface area contributed by atoms with Crippen molar-refractivity contribution < 1.29 is 23.9 Å². The zero-order valence-electron chi connectivity index (χ0n) is 20.8. The highest BCUT2D eigenvalue weighted by molar-refractivity contribution is 6.42. The predicted octanol–water partition coefficient (Wildman–Crippen LogP) is 7.02. The number of carbonyl (C=O) groups excluding carboxylic acids is 3. The van der Waals surface area contributed by atoms with Gasteiger partial charge in [-0.25, -0.2) is 9.69 Å². The van der Waals surface area contributed by atoms with Crippen LogP contribution in [-0.2, 0) is 22.6 Å². The fourth-order valence-corrected chi connectivity index (χ4v) is 4.65. The minimum Gasteiger partial charge on any atom is -0.490 e. The number of ether oxygens (including phenoxy) is 2. The number of imide groups is 2. The van der Waals surface area contributed by atoms with Gasteiger partial charge in [0.15, 0.2) is 11.5 Å². The van der Waals surface area contributed by atoms with Crippen LogP contribution in [0.15, 0.2) is 72.8 Å². The van der Waals surface area contributed by atoms with Crippen molar-refractivity contribution in [3.8, 4) is 11.5 Å². The Morgan fingerprint density at radius 1 is 0.949 bits per heavy atom. The van der Waals surface area contributed by atoms with Crippen molar-refractivity contribution in [2.45, 2.75) is 20.0 Å². The average Bonchev–Trinajstić information content (AvgIpc) is 2.88. The fourth-order valence-electron chi connectivity index (χ4n) is 3.97. The number of nitrogens with one attached hydrogen (secondary N) is 1. The van der Waals surface area contributed by atoms with Crippen molar-refractivity contribution in [2.24, 2.45) is 0 Å². The molecule has 1 fully saturated rings. The highest BCUT2D eigenvalue weighted by Gasteiger charge is 2.37. The summed E-state index contributed by atoms with van der Waals surface area (Å²) in [6, 6.07) is 14.0. The Kier molecular flexibility index (Phi) is 8.97. The number of rotatable bonds is 9. The Bertz CT molecular complexity index is 1500. The Morgan fingerprint density at radius 2 is 1.72 bits per heavy atom. The molecule has 0 bridgehead atoms. The standard InChI is InChI=1S/C29H23Cl3N2O5/c1-3-7-18-12-17(14-25(38-4-2)26(18)39-16-19-10-11-20(30)15-23(19)32)13-21-27(35)33-29(37)34(28(21)36)24-9-6-5-8-22(24)31/h3,5-6,8-15H,1,4,7,16H2,2H3,(H,33,35,37)/b21-13+. The highest BCUT2D eigenvalue weighted by Crippen LogP contribution is 2.36. The first-order valence-corrected chi connectivity index (χ1v) is 13.0. The van der Waals surface area contributed by atoms with Gasteiger partial charge >= 0.3 is 6.03 Å². The Hall–Kier alpha value is -3.78. The number of halogens is 3. The third kappa shape index (κ3) is 6.28. The summed E-state index contributed by atoms with van der Waals surface area (Å²) >= 11 is 18.5. The van der Waals surface area contributed by atoms with Crippen molar-refractivity contribution in [2.75, 3.05) is 11.5 Å². The van der Waals surface area contributed by atoms with E-state index in [9.17, 15) is 14.4 Å². The third-order valence-corrected chi connectivity index (χ3v) is 6.62. The molecular weight excluding hydrogens is 563 g/mol. The van der Waals surface area contributed by atoms with E-state index in [1.165, 1.54) is 12.1 Å². The summed E-state index contributed by atoms with van der Waals surface area (Å²) in [4.78, 5) is 39.4. The Labute approximate surface area is 240 Å². The SMILES string of the molecule is C=CCc1cc(/C=C2\C(=O)NC(=O)N(c3ccccc3Cl)C2=O)cc(OCC)c1OCc1ccc(Cl)cc1Cl. The number of hydrogen-bond acceptors (Lipinski definition) is 5. The van der Waals surface area contributed by atoms with Crippen LogP contribution in [0.1, 0.15) is 23.6 Å². The molecule has 0 aliphatic carbocycles. The molecule has 1 aliphatic rings. The second-order valence-electron chi connectivity index (χ2n) is 8.37. The molecule has 0 spiro atoms. The number of anilines is 1. The van der Waals surface area contributed by atoms with Gasteiger partial charge < -0.3 is 9.47 Å². The zero-order chi connectivity index (χ0) is 28.1. The molecule has 0 radical (unpaired) electrons. The largest absolute Gasteiger partial charge is 0.490 e. The van der Waals surface area contributed by atoms with E-state index in [-0.39, 0.29) is 22.9 Å². The molecule has 0 saturated carbocycles. The first-order valence-electron chi connectivity index (χ1n) is 11.9. The van der Waals surface area contributed by atoms with Crippen molar-refractivity contribution >= 4 is 64.4 Å². The first-order chi connectivity index (χ1) is 18.7. The van der Waals surface area contributed by atoms with Crippen LogP contribution in [0.25, 0.3) is 6.08 Å². The highest BCUT2D eigenvalue weighted by atomic mass is 35.5. The molecule has 3 aromatic carbocycles. The molecule has 1 N–H and O–H groups in total. The molecule has 4 amide bonds. The summed E-state index contributed by atoms with van der Waals surface area (Å²) in [6.07, 6.45) is 3.49. The second kappa shape index (κ2) is 12.4. The molecule has 4 rings (SSSR count). The Morgan fingerprint density at radius 3 is 2.41 bits per heavy atom. The van der Waals surface area contributed by atoms with E-state index in [4.69, 9.17) is 44.3 Å². The number of benzene rings is 3. The van der Waals surface area contributed by atoms with E-state index in [0.717, 1.165) is 10.5 Å². The van der Waals surface area contributed by atoms with Crippen LogP contribution in [-0.4, -0.2) is 24.5 Å². The van der Waals surface area contributed by atoms with E-state index in [1.807, 2.05) is 6.92 Å². The van der Waals surface area contributed by atoms with Crippen LogP contribution in [0.3, 0.4) is 0 Å². The van der Waals surface area contributed by atoms with Crippen LogP contribution >= 0.6 is 34.8 Å². The lowest BCUT2D eigenvalue weighted by molar-refractivity contribution is -0.122. The quantitative estimate of drug-likeness (QED) is 0.166. The molecule has 7 nitrogen and oxygen atoms in total. The van der Waals surface area contributed by atoms with Crippen LogP contribution in [0.4, 0.5) is 10.5 Å². The maximum Gasteiger partial charge on any atom is 0.335 e. The summed E-state index contributed by atoms with van der Waals surface area (Å²) in [6.45, 7) is 6.13. The van der Waals surface area contributed by atoms with Crippen molar-refractivity contribution in [3.63, 3.8) is 0 Å². The molecule has 200 valence electrons. The van der Waals surface area contributed by atoms with Gasteiger partial charge in [0.05, 0.1) is 17.3 Å². The van der Waals surface area contributed by atoms with Gasteiger partial charge in [0, 0.05) is 21.2 Å². The summed E-state index contributed by atoms with van der Waals surface area (Å²) in [5, 5.41) is 3.36. The average molecular weight is 586 g/mol. The van der Waals surface area contributed by atoms with Gasteiger partial charge in [-0.1, -0.05) is 59.1 Å². The number of urea groups is 1. The minimum absolute atomic E-state index is 0.149. The van der Waals surface area contributed by atoms with Crippen LogP contribution in [0, 0.1) is 0 Å². The number of barbiturate groups is 1. The van der Waals surface area contributed by atoms with Crippen LogP contribution in [0.5, 0.6) is 11.5 Å². The third-order valence-electron chi connectivity index (χ3n) is 5.71. The van der Waals surface area contributed by atoms with Crippen molar-refractivity contribution in [1.82, 2.24) is 5.32 Å². The molecule has 0 atom stereocenters. The summed E-state index contributed by atoms with van der Waals surface area (Å²) in [5.74, 6) is -0.763. The second-order valence-corrected chi connectivity index (χ2v) is 9.62. The molecule has 1 heterocycles. The number of hydrogen-bond donors (Lipinski definition) is 1. The normalized spacial score (nSPS) is 14.4. The number of carbonyl (C=O) groups is 3. The minimum atomic E-state index is -0.887. The Balaban J connectivity index is 1.73. The lowest BCUT2D eigenvalue weighted by atomic mass is 10.0. The van der Waals surface area contributed by atoms with E-state index < -0.39 is 17.8 Å². The molecule has 0 unspecified atom stereocenters. The fraction of sp³-hybridized carbons (Fsp3) is 0.138. The molecule has 10 heteroatoms. The summed E-state index contributed by atoms with van der Waals surface area (Å²) in [7, 11) is 0. The van der Waals surface area contributed by atoms with Crippen LogP contribution in [0.2, 0.25) is 15.1 Å². The summed E-state index contributed by atoms with van der Waals surface area (Å²) < 4.78 is 12.0. The maximum atomic E-state index is 13.3. The number of nitrogens with zero attached hydrogens (tertiary/aromatic N) is 1. The van der Waals surface area contributed by atoms with Gasteiger partial charge in [-0.05, 0) is 61.4 Å². The predicted molar refractivity (Wildman–Crippen MR) is 153 cm³/mol. The van der Waals surface area contributed by atoms with Gasteiger partial charge in [-0.15, -0.1) is 6.58 Å². The van der Waals surface area contributed by atoms with E-state index in [2.05, 4.69) is 11.9 Å². The summed E-state index contributed by atoms with van der Waals surface area (Å²) in [5.41, 5.74) is 1.83. The lowest BCUT2D eigenvalue weighted by Gasteiger charge is -2.27. The molecule has 1 aliphatic heterocycles. The molecule has 39 heavy (non-hydrogen) atoms. The number of para-hydroxylation sites is 1. The van der Waals surface area contributed by atoms with E-state index in [1.54, 1.807) is 54.6 Å². The van der Waals surface area contributed by atoms with Crippen LogP contribution < -0.4 is 19.7 Å². The maximum absolute atomic E-state index is 13.3. The van der Waals surface area contributed by atoms with Gasteiger partial charge in [0.1, 0.15) is 12.2 Å². The number of amides is 4. The monoisotopic (exact) mass is 584 g/mol. The molecule has 0 aromatic heterocycles. The van der Waals surface area contributed by atoms with E-state index in [0.29, 0.717) is 45.7 Å². The molecule has 1 saturated heterocycles. The van der Waals surface area contributed by atoms with Gasteiger partial charge in [0.2, 0.25) is 0 Å². The smallest absolute Gasteiger partial charge is 0.335 e. The molecular formula is C29H23Cl3N2O5. The van der Waals surface area contributed by atoms with Crippen molar-refractivity contribution in [3.05, 3.63) is 105 Å². The lowest BCUT2D eigenvalue weighted by Crippen LogP contribution is -2.54. The zero-order valence-corrected chi connectivity index (χ0v) is 23.1. The first kappa shape index (κ1) is 28.2. The van der Waals surface area contributed by atoms with Gasteiger partial charge in [-0.3, -0.25) is 14.9 Å². The van der Waals surface area contributed by atoms with Crippen molar-refractivity contribution in [1.29, 1.82) is 0 Å². The van der Waals surface area contributed by atoms with Gasteiger partial charge in [-0.2, -0.15) is 0 Å². The van der Waals surface area contributed by atoms with E-state index >= 15 is 0 Å². The molecule has 3 aromatic rings.